The normalized spacial score (nSPS) is 9.73. The predicted octanol–water partition coefficient (Wildman–Crippen LogP) is -1.24. The number of carboxylic acid groups (broad SMARTS) is 2. The Hall–Kier alpha value is -1.86. The summed E-state index contributed by atoms with van der Waals surface area (Å²) in [6.45, 7) is 0. The molecule has 0 aromatic heterocycles. The predicted molar refractivity (Wildman–Crippen MR) is 50.2 cm³/mol. The van der Waals surface area contributed by atoms with Gasteiger partial charge in [-0.1, -0.05) is 0 Å². The lowest BCUT2D eigenvalue weighted by molar-refractivity contribution is 0.0682. The minimum atomic E-state index is -2.02. The highest BCUT2D eigenvalue weighted by Gasteiger charge is 2.21. The topological polar surface area (TPSA) is 115 Å². The summed E-state index contributed by atoms with van der Waals surface area (Å²) in [5, 5.41) is 35.0. The molecule has 0 aliphatic heterocycles. The van der Waals surface area contributed by atoms with Crippen LogP contribution in [0.1, 0.15) is 20.7 Å². The second kappa shape index (κ2) is 4.12. The second-order valence-corrected chi connectivity index (χ2v) is 2.79. The molecule has 0 bridgehead atoms. The van der Waals surface area contributed by atoms with E-state index in [4.69, 9.17) is 20.3 Å². The Bertz CT molecular complexity index is 414. The standard InChI is InChI=1S/C8H7BO6/c10-7(11)4-1-2-5(8(12)13)6(3-4)9(14)15/h1-3,14-15H,(H,10,11)(H,12,13). The van der Waals surface area contributed by atoms with Gasteiger partial charge in [-0.05, 0) is 23.7 Å². The molecule has 0 saturated heterocycles. The van der Waals surface area contributed by atoms with E-state index in [1.54, 1.807) is 0 Å². The fourth-order valence-electron chi connectivity index (χ4n) is 1.10. The average Bonchev–Trinajstić information content (AvgIpc) is 2.16. The van der Waals surface area contributed by atoms with Gasteiger partial charge in [0.05, 0.1) is 11.1 Å². The Morgan fingerprint density at radius 1 is 1.07 bits per heavy atom. The Labute approximate surface area is 84.6 Å². The van der Waals surface area contributed by atoms with Gasteiger partial charge in [0.25, 0.3) is 0 Å². The number of hydrogen-bond donors (Lipinski definition) is 4. The van der Waals surface area contributed by atoms with Gasteiger partial charge >= 0.3 is 19.1 Å². The molecule has 0 saturated carbocycles. The van der Waals surface area contributed by atoms with Crippen LogP contribution in [0.15, 0.2) is 18.2 Å². The number of benzene rings is 1. The Morgan fingerprint density at radius 3 is 2.07 bits per heavy atom. The van der Waals surface area contributed by atoms with Crippen molar-refractivity contribution in [2.24, 2.45) is 0 Å². The van der Waals surface area contributed by atoms with Crippen molar-refractivity contribution in [3.63, 3.8) is 0 Å². The fourth-order valence-corrected chi connectivity index (χ4v) is 1.10. The summed E-state index contributed by atoms with van der Waals surface area (Å²) in [7, 11) is -2.02. The number of carbonyl (C=O) groups is 2. The van der Waals surface area contributed by atoms with Crippen LogP contribution in [0.4, 0.5) is 0 Å². The van der Waals surface area contributed by atoms with E-state index < -0.39 is 19.1 Å². The van der Waals surface area contributed by atoms with Crippen molar-refractivity contribution < 1.29 is 29.9 Å². The monoisotopic (exact) mass is 210 g/mol. The summed E-state index contributed by atoms with van der Waals surface area (Å²) in [4.78, 5) is 21.2. The number of aromatic carboxylic acids is 2. The van der Waals surface area contributed by atoms with Crippen LogP contribution in [0.25, 0.3) is 0 Å². The summed E-state index contributed by atoms with van der Waals surface area (Å²) in [6, 6.07) is 3.01. The van der Waals surface area contributed by atoms with Crippen LogP contribution in [0.3, 0.4) is 0 Å². The Balaban J connectivity index is 3.33. The molecule has 0 radical (unpaired) electrons. The van der Waals surface area contributed by atoms with Gasteiger partial charge in [0.2, 0.25) is 0 Å². The molecular formula is C8H7BO6. The van der Waals surface area contributed by atoms with Gasteiger partial charge in [0, 0.05) is 0 Å². The Kier molecular flexibility index (Phi) is 3.08. The molecule has 0 atom stereocenters. The lowest BCUT2D eigenvalue weighted by Gasteiger charge is -2.05. The molecule has 0 spiro atoms. The molecule has 0 unspecified atom stereocenters. The summed E-state index contributed by atoms with van der Waals surface area (Å²) < 4.78 is 0. The van der Waals surface area contributed by atoms with Gasteiger partial charge in [0.15, 0.2) is 0 Å². The summed E-state index contributed by atoms with van der Waals surface area (Å²) in [5.41, 5.74) is -0.888. The van der Waals surface area contributed by atoms with Gasteiger partial charge in [-0.15, -0.1) is 0 Å². The van der Waals surface area contributed by atoms with E-state index in [0.29, 0.717) is 0 Å². The van der Waals surface area contributed by atoms with E-state index in [-0.39, 0.29) is 16.6 Å². The lowest BCUT2D eigenvalue weighted by Crippen LogP contribution is -2.35. The zero-order valence-electron chi connectivity index (χ0n) is 7.41. The number of hydrogen-bond acceptors (Lipinski definition) is 4. The largest absolute Gasteiger partial charge is 0.489 e. The van der Waals surface area contributed by atoms with Crippen LogP contribution in [-0.2, 0) is 0 Å². The van der Waals surface area contributed by atoms with Crippen LogP contribution >= 0.6 is 0 Å². The maximum absolute atomic E-state index is 10.6. The minimum Gasteiger partial charge on any atom is -0.478 e. The zero-order chi connectivity index (χ0) is 11.6. The Morgan fingerprint density at radius 2 is 1.67 bits per heavy atom. The third-order valence-corrected chi connectivity index (χ3v) is 1.81. The fraction of sp³-hybridized carbons (Fsp3) is 0. The van der Waals surface area contributed by atoms with Crippen LogP contribution < -0.4 is 5.46 Å². The number of carboxylic acids is 2. The maximum atomic E-state index is 10.6. The van der Waals surface area contributed by atoms with Gasteiger partial charge in [-0.3, -0.25) is 0 Å². The van der Waals surface area contributed by atoms with E-state index in [1.807, 2.05) is 0 Å². The van der Waals surface area contributed by atoms with E-state index in [2.05, 4.69) is 0 Å². The molecule has 1 aromatic rings. The maximum Gasteiger partial charge on any atom is 0.489 e. The molecule has 0 fully saturated rings. The molecular weight excluding hydrogens is 203 g/mol. The van der Waals surface area contributed by atoms with Gasteiger partial charge in [-0.25, -0.2) is 9.59 Å². The van der Waals surface area contributed by atoms with Crippen LogP contribution in [0, 0.1) is 0 Å². The molecule has 0 amide bonds. The molecule has 1 rings (SSSR count). The van der Waals surface area contributed by atoms with Crippen LogP contribution in [0.5, 0.6) is 0 Å². The highest BCUT2D eigenvalue weighted by Crippen LogP contribution is 2.03. The van der Waals surface area contributed by atoms with Crippen LogP contribution in [-0.4, -0.2) is 39.3 Å². The van der Waals surface area contributed by atoms with Crippen molar-refractivity contribution in [3.05, 3.63) is 29.3 Å². The summed E-state index contributed by atoms with van der Waals surface area (Å²) in [6.07, 6.45) is 0. The van der Waals surface area contributed by atoms with E-state index in [0.717, 1.165) is 18.2 Å². The van der Waals surface area contributed by atoms with E-state index in [9.17, 15) is 9.59 Å². The molecule has 6 nitrogen and oxygen atoms in total. The van der Waals surface area contributed by atoms with Crippen molar-refractivity contribution in [2.75, 3.05) is 0 Å². The van der Waals surface area contributed by atoms with Crippen LogP contribution in [0.2, 0.25) is 0 Å². The molecule has 0 aliphatic carbocycles. The van der Waals surface area contributed by atoms with Crippen molar-refractivity contribution >= 4 is 24.5 Å². The van der Waals surface area contributed by atoms with E-state index >= 15 is 0 Å². The molecule has 4 N–H and O–H groups in total. The van der Waals surface area contributed by atoms with Gasteiger partial charge in [0.1, 0.15) is 0 Å². The SMILES string of the molecule is O=C(O)c1ccc(C(=O)O)c(B(O)O)c1. The molecule has 1 aromatic carbocycles. The first-order chi connectivity index (χ1) is 6.93. The molecule has 7 heteroatoms. The molecule has 15 heavy (non-hydrogen) atoms. The zero-order valence-corrected chi connectivity index (χ0v) is 7.41. The lowest BCUT2D eigenvalue weighted by atomic mass is 9.76. The third kappa shape index (κ3) is 2.33. The molecule has 0 aliphatic rings. The first-order valence-corrected chi connectivity index (χ1v) is 3.90. The summed E-state index contributed by atoms with van der Waals surface area (Å²) in [5.74, 6) is -2.62. The van der Waals surface area contributed by atoms with Gasteiger partial charge < -0.3 is 20.3 Å². The molecule has 78 valence electrons. The van der Waals surface area contributed by atoms with Crippen molar-refractivity contribution in [2.45, 2.75) is 0 Å². The number of rotatable bonds is 3. The third-order valence-electron chi connectivity index (χ3n) is 1.81. The smallest absolute Gasteiger partial charge is 0.478 e. The highest BCUT2D eigenvalue weighted by molar-refractivity contribution is 6.60. The average molecular weight is 210 g/mol. The van der Waals surface area contributed by atoms with Crippen molar-refractivity contribution in [1.29, 1.82) is 0 Å². The minimum absolute atomic E-state index is 0.205. The van der Waals surface area contributed by atoms with Crippen molar-refractivity contribution in [1.82, 2.24) is 0 Å². The quantitative estimate of drug-likeness (QED) is 0.464. The van der Waals surface area contributed by atoms with E-state index in [1.165, 1.54) is 0 Å². The van der Waals surface area contributed by atoms with Crippen molar-refractivity contribution in [3.8, 4) is 0 Å². The molecule has 0 heterocycles. The van der Waals surface area contributed by atoms with Gasteiger partial charge in [-0.2, -0.15) is 0 Å². The first-order valence-electron chi connectivity index (χ1n) is 3.90. The highest BCUT2D eigenvalue weighted by atomic mass is 16.4. The summed E-state index contributed by atoms with van der Waals surface area (Å²) >= 11 is 0. The second-order valence-electron chi connectivity index (χ2n) is 2.79. The first kappa shape index (κ1) is 11.2.